The number of hydrogen-bond acceptors (Lipinski definition) is 7. The molecule has 4 nitrogen and oxygen atoms in total. The zero-order valence-corrected chi connectivity index (χ0v) is 24.2. The smallest absolute Gasteiger partial charge is 0.399 e. The van der Waals surface area contributed by atoms with E-state index in [0.29, 0.717) is 0 Å². The molecule has 0 saturated carbocycles. The summed E-state index contributed by atoms with van der Waals surface area (Å²) in [4.78, 5) is 5.35. The van der Waals surface area contributed by atoms with Crippen molar-refractivity contribution in [3.63, 3.8) is 0 Å². The fourth-order valence-corrected chi connectivity index (χ4v) is 8.72. The van der Waals surface area contributed by atoms with E-state index in [9.17, 15) is 0 Å². The van der Waals surface area contributed by atoms with Gasteiger partial charge in [0.15, 0.2) is 0 Å². The zero-order chi connectivity index (χ0) is 25.7. The average Bonchev–Trinajstić information content (AvgIpc) is 3.65. The predicted molar refractivity (Wildman–Crippen MR) is 157 cm³/mol. The SMILES string of the molecule is CC1(C)c2cc(-c3ccccc3)sc2-c2sc(-c3ccc(B4OC(C)(C)C(C)(C)O4)c4nsnc34)cc21. The van der Waals surface area contributed by atoms with Gasteiger partial charge in [-0.1, -0.05) is 56.3 Å². The van der Waals surface area contributed by atoms with Gasteiger partial charge in [-0.05, 0) is 56.5 Å². The van der Waals surface area contributed by atoms with Gasteiger partial charge in [-0.3, -0.25) is 0 Å². The summed E-state index contributed by atoms with van der Waals surface area (Å²) < 4.78 is 22.1. The maximum absolute atomic E-state index is 6.35. The van der Waals surface area contributed by atoms with Crippen LogP contribution in [0.4, 0.5) is 0 Å². The van der Waals surface area contributed by atoms with E-state index in [1.165, 1.54) is 47.9 Å². The van der Waals surface area contributed by atoms with Gasteiger partial charge < -0.3 is 9.31 Å². The molecular formula is C29H27BN2O2S3. The second-order valence-electron chi connectivity index (χ2n) is 11.4. The van der Waals surface area contributed by atoms with Crippen LogP contribution in [0.3, 0.4) is 0 Å². The van der Waals surface area contributed by atoms with Gasteiger partial charge in [-0.2, -0.15) is 8.75 Å². The Morgan fingerprint density at radius 1 is 0.703 bits per heavy atom. The first kappa shape index (κ1) is 23.7. The van der Waals surface area contributed by atoms with Gasteiger partial charge in [0.25, 0.3) is 0 Å². The molecule has 0 radical (unpaired) electrons. The number of aromatic nitrogens is 2. The molecule has 4 heterocycles. The van der Waals surface area contributed by atoms with Crippen molar-refractivity contribution in [2.24, 2.45) is 0 Å². The summed E-state index contributed by atoms with van der Waals surface area (Å²) in [5.74, 6) is 0. The minimum atomic E-state index is -0.456. The molecule has 0 spiro atoms. The summed E-state index contributed by atoms with van der Waals surface area (Å²) in [6, 6.07) is 19.7. The summed E-state index contributed by atoms with van der Waals surface area (Å²) in [6.45, 7) is 13.0. The Hall–Kier alpha value is -2.36. The molecule has 2 aliphatic rings. The van der Waals surface area contributed by atoms with E-state index in [-0.39, 0.29) is 5.41 Å². The number of fused-ring (bicyclic) bond motifs is 4. The van der Waals surface area contributed by atoms with Crippen LogP contribution in [0, 0.1) is 0 Å². The van der Waals surface area contributed by atoms with Gasteiger partial charge in [0, 0.05) is 35.9 Å². The molecule has 5 aromatic rings. The molecule has 0 unspecified atom stereocenters. The van der Waals surface area contributed by atoms with E-state index in [1.807, 2.05) is 22.7 Å². The summed E-state index contributed by atoms with van der Waals surface area (Å²) in [5.41, 5.74) is 7.15. The first-order chi connectivity index (χ1) is 17.6. The van der Waals surface area contributed by atoms with Gasteiger partial charge >= 0.3 is 7.12 Å². The molecular weight excluding hydrogens is 515 g/mol. The number of hydrogen-bond donors (Lipinski definition) is 0. The van der Waals surface area contributed by atoms with Crippen molar-refractivity contribution < 1.29 is 9.31 Å². The van der Waals surface area contributed by atoms with Gasteiger partial charge in [0.05, 0.1) is 22.9 Å². The lowest BCUT2D eigenvalue weighted by molar-refractivity contribution is 0.00578. The Morgan fingerprint density at radius 2 is 1.30 bits per heavy atom. The van der Waals surface area contributed by atoms with Crippen LogP contribution in [-0.4, -0.2) is 27.1 Å². The van der Waals surface area contributed by atoms with Crippen molar-refractivity contribution in [3.8, 4) is 30.6 Å². The van der Waals surface area contributed by atoms with Gasteiger partial charge in [-0.15, -0.1) is 22.7 Å². The molecule has 0 bridgehead atoms. The van der Waals surface area contributed by atoms with Crippen LogP contribution in [0.25, 0.3) is 41.7 Å². The maximum atomic E-state index is 6.35. The predicted octanol–water partition coefficient (Wildman–Crippen LogP) is 7.75. The first-order valence-electron chi connectivity index (χ1n) is 12.5. The topological polar surface area (TPSA) is 44.2 Å². The molecule has 0 atom stereocenters. The molecule has 1 aliphatic carbocycles. The quantitative estimate of drug-likeness (QED) is 0.219. The Kier molecular flexibility index (Phi) is 5.03. The van der Waals surface area contributed by atoms with E-state index in [0.717, 1.165) is 22.1 Å². The molecule has 0 amide bonds. The molecule has 37 heavy (non-hydrogen) atoms. The highest BCUT2D eigenvalue weighted by molar-refractivity contribution is 7.25. The standard InChI is InChI=1S/C29H27BN2O2S3/c1-27(2)18-14-21(16-10-8-7-9-11-16)35-25(18)26-19(27)15-22(36-26)17-12-13-20(24-23(17)31-37-32-24)30-33-28(3,4)29(5,6)34-30/h7-15H,1-6H3. The van der Waals surface area contributed by atoms with Crippen LogP contribution >= 0.6 is 34.4 Å². The molecule has 186 valence electrons. The lowest BCUT2D eigenvalue weighted by atomic mass is 9.77. The second kappa shape index (κ2) is 7.84. The Morgan fingerprint density at radius 3 is 1.97 bits per heavy atom. The second-order valence-corrected chi connectivity index (χ2v) is 14.1. The Labute approximate surface area is 229 Å². The normalized spacial score (nSPS) is 18.9. The third-order valence-electron chi connectivity index (χ3n) is 8.29. The van der Waals surface area contributed by atoms with E-state index in [2.05, 4.69) is 101 Å². The van der Waals surface area contributed by atoms with Crippen LogP contribution in [0.15, 0.2) is 54.6 Å². The largest absolute Gasteiger partial charge is 0.497 e. The summed E-state index contributed by atoms with van der Waals surface area (Å²) in [7, 11) is -0.456. The highest BCUT2D eigenvalue weighted by atomic mass is 32.1. The fraction of sp³-hybridized carbons (Fsp3) is 0.310. The molecule has 3 aromatic heterocycles. The minimum Gasteiger partial charge on any atom is -0.399 e. The van der Waals surface area contributed by atoms with Crippen LogP contribution in [0.5, 0.6) is 0 Å². The van der Waals surface area contributed by atoms with Gasteiger partial charge in [0.2, 0.25) is 0 Å². The monoisotopic (exact) mass is 542 g/mol. The number of nitrogens with zero attached hydrogens (tertiary/aromatic N) is 2. The Balaban J connectivity index is 1.31. The summed E-state index contributed by atoms with van der Waals surface area (Å²) in [6.07, 6.45) is 0. The maximum Gasteiger partial charge on any atom is 0.497 e. The van der Waals surface area contributed by atoms with E-state index < -0.39 is 18.3 Å². The van der Waals surface area contributed by atoms with E-state index in [1.54, 1.807) is 0 Å². The van der Waals surface area contributed by atoms with Crippen molar-refractivity contribution in [3.05, 3.63) is 65.7 Å². The number of benzene rings is 2. The molecule has 7 rings (SSSR count). The van der Waals surface area contributed by atoms with Crippen molar-refractivity contribution in [2.75, 3.05) is 0 Å². The fourth-order valence-electron chi connectivity index (χ4n) is 5.32. The highest BCUT2D eigenvalue weighted by Crippen LogP contribution is 2.58. The molecule has 0 N–H and O–H groups in total. The van der Waals surface area contributed by atoms with Crippen LogP contribution in [-0.2, 0) is 14.7 Å². The average molecular weight is 543 g/mol. The van der Waals surface area contributed by atoms with E-state index in [4.69, 9.17) is 13.7 Å². The lowest BCUT2D eigenvalue weighted by Gasteiger charge is -2.32. The van der Waals surface area contributed by atoms with Crippen LogP contribution in [0.1, 0.15) is 52.7 Å². The highest BCUT2D eigenvalue weighted by Gasteiger charge is 2.52. The molecule has 8 heteroatoms. The minimum absolute atomic E-state index is 0.0367. The molecule has 1 saturated heterocycles. The van der Waals surface area contributed by atoms with Crippen LogP contribution in [0.2, 0.25) is 0 Å². The summed E-state index contributed by atoms with van der Waals surface area (Å²) >= 11 is 5.02. The number of rotatable bonds is 3. The molecule has 1 fully saturated rings. The van der Waals surface area contributed by atoms with Crippen molar-refractivity contribution in [2.45, 2.75) is 58.2 Å². The zero-order valence-electron chi connectivity index (χ0n) is 21.7. The van der Waals surface area contributed by atoms with Crippen molar-refractivity contribution in [1.29, 1.82) is 0 Å². The molecule has 2 aromatic carbocycles. The number of thiophene rings is 2. The van der Waals surface area contributed by atoms with Gasteiger partial charge in [0.1, 0.15) is 11.0 Å². The lowest BCUT2D eigenvalue weighted by Crippen LogP contribution is -2.41. The van der Waals surface area contributed by atoms with Gasteiger partial charge in [-0.25, -0.2) is 0 Å². The third-order valence-corrected chi connectivity index (χ3v) is 11.3. The van der Waals surface area contributed by atoms with Crippen LogP contribution < -0.4 is 5.46 Å². The van der Waals surface area contributed by atoms with E-state index >= 15 is 0 Å². The first-order valence-corrected chi connectivity index (χ1v) is 14.9. The Bertz CT molecular complexity index is 1660. The van der Waals surface area contributed by atoms with Crippen molar-refractivity contribution in [1.82, 2.24) is 8.75 Å². The molecule has 1 aliphatic heterocycles. The third kappa shape index (κ3) is 3.39. The summed E-state index contributed by atoms with van der Waals surface area (Å²) in [5, 5.41) is 0. The van der Waals surface area contributed by atoms with Crippen molar-refractivity contribution >= 4 is 58.0 Å².